The minimum Gasteiger partial charge on any atom is -0.522 e. The maximum absolute atomic E-state index is 9.58. The van der Waals surface area contributed by atoms with Gasteiger partial charge < -0.3 is 17.9 Å². The van der Waals surface area contributed by atoms with Crippen LogP contribution in [0.3, 0.4) is 0 Å². The molecular weight excluding hydrogens is 458 g/mol. The van der Waals surface area contributed by atoms with Gasteiger partial charge in [-0.1, -0.05) is 0 Å². The molecule has 0 aliphatic rings. The van der Waals surface area contributed by atoms with Gasteiger partial charge in [0.25, 0.3) is 0 Å². The SMILES string of the molecule is CC(C)[PH+](CC[PH+](C(C)C)C(C)C)C(C)C.COc1cc[c-]cc1.F[C-](F)F.[Ni+2]. The summed E-state index contributed by atoms with van der Waals surface area (Å²) in [5.41, 5.74) is 3.81. The molecule has 29 heavy (non-hydrogen) atoms. The van der Waals surface area contributed by atoms with E-state index < -0.39 is 6.68 Å². The van der Waals surface area contributed by atoms with Crippen molar-refractivity contribution in [3.63, 3.8) is 0 Å². The van der Waals surface area contributed by atoms with Crippen LogP contribution in [0.2, 0.25) is 0 Å². The second kappa shape index (κ2) is 20.1. The summed E-state index contributed by atoms with van der Waals surface area (Å²) >= 11 is 0. The van der Waals surface area contributed by atoms with Gasteiger partial charge in [-0.15, -0.1) is 12.1 Å². The summed E-state index contributed by atoms with van der Waals surface area (Å²) in [6.07, 6.45) is 3.12. The van der Waals surface area contributed by atoms with Crippen molar-refractivity contribution in [1.82, 2.24) is 0 Å². The van der Waals surface area contributed by atoms with E-state index in [-0.39, 0.29) is 32.3 Å². The van der Waals surface area contributed by atoms with Crippen LogP contribution in [0, 0.1) is 12.7 Å². The fraction of sp³-hybridized carbons (Fsp3) is 0.682. The first kappa shape index (κ1) is 33.8. The van der Waals surface area contributed by atoms with Gasteiger partial charge in [0.05, 0.1) is 42.1 Å². The monoisotopic (exact) mass is 498 g/mol. The molecule has 0 spiro atoms. The van der Waals surface area contributed by atoms with E-state index in [1.807, 2.05) is 24.3 Å². The van der Waals surface area contributed by atoms with Crippen molar-refractivity contribution < 1.29 is 34.4 Å². The number of benzene rings is 1. The molecule has 0 N–H and O–H groups in total. The third-order valence-electron chi connectivity index (χ3n) is 4.59. The first-order valence-electron chi connectivity index (χ1n) is 9.98. The Hall–Kier alpha value is 0.164. The second-order valence-electron chi connectivity index (χ2n) is 7.92. The van der Waals surface area contributed by atoms with E-state index in [4.69, 9.17) is 4.74 Å². The number of rotatable bonds is 8. The van der Waals surface area contributed by atoms with Crippen LogP contribution in [0.4, 0.5) is 13.2 Å². The van der Waals surface area contributed by atoms with Gasteiger partial charge in [-0.3, -0.25) is 0 Å². The Kier molecular flexibility index (Phi) is 23.4. The van der Waals surface area contributed by atoms with Crippen LogP contribution >= 0.6 is 15.8 Å². The normalized spacial score (nSPS) is 10.9. The number of methoxy groups -OCH3 is 1. The molecule has 1 nitrogen and oxygen atoms in total. The number of hydrogen-bond acceptors (Lipinski definition) is 1. The van der Waals surface area contributed by atoms with Gasteiger partial charge in [-0.05, 0) is 55.4 Å². The number of ether oxygens (including phenoxy) is 1. The van der Waals surface area contributed by atoms with Gasteiger partial charge in [-0.2, -0.15) is 18.2 Å². The van der Waals surface area contributed by atoms with Crippen LogP contribution in [-0.4, -0.2) is 42.1 Å². The largest absolute Gasteiger partial charge is 2.00 e. The van der Waals surface area contributed by atoms with Gasteiger partial charge in [0.1, 0.15) is 0 Å². The third kappa shape index (κ3) is 19.9. The van der Waals surface area contributed by atoms with E-state index in [0.717, 1.165) is 28.4 Å². The summed E-state index contributed by atoms with van der Waals surface area (Å²) in [6.45, 7) is 16.4. The zero-order valence-electron chi connectivity index (χ0n) is 19.4. The molecule has 0 fully saturated rings. The molecule has 0 bridgehead atoms. The first-order chi connectivity index (χ1) is 12.9. The maximum atomic E-state index is 9.58. The smallest absolute Gasteiger partial charge is 0.522 e. The van der Waals surface area contributed by atoms with Gasteiger partial charge in [-0.25, -0.2) is 0 Å². The molecule has 1 aromatic carbocycles. The summed E-state index contributed by atoms with van der Waals surface area (Å²) < 4.78 is 33.6. The van der Waals surface area contributed by atoms with Gasteiger partial charge in [0.15, 0.2) is 6.68 Å². The zero-order chi connectivity index (χ0) is 22.3. The molecule has 7 heteroatoms. The van der Waals surface area contributed by atoms with E-state index in [0.29, 0.717) is 0 Å². The topological polar surface area (TPSA) is 9.23 Å². The van der Waals surface area contributed by atoms with Crippen molar-refractivity contribution in [1.29, 1.82) is 0 Å². The molecule has 174 valence electrons. The van der Waals surface area contributed by atoms with Gasteiger partial charge >= 0.3 is 16.5 Å². The Morgan fingerprint density at radius 2 is 1.07 bits per heavy atom. The summed E-state index contributed by atoms with van der Waals surface area (Å²) in [4.78, 5) is 0. The molecular formula is C22H41F3NiOP2+2. The summed E-state index contributed by atoms with van der Waals surface area (Å²) in [5, 5.41) is 0. The molecule has 1 aromatic rings. The predicted molar refractivity (Wildman–Crippen MR) is 125 cm³/mol. The molecule has 0 unspecified atom stereocenters. The van der Waals surface area contributed by atoms with Crippen LogP contribution in [0.1, 0.15) is 55.4 Å². The van der Waals surface area contributed by atoms with Crippen molar-refractivity contribution in [2.24, 2.45) is 0 Å². The summed E-state index contributed by atoms with van der Waals surface area (Å²) in [7, 11) is 1.42. The first-order valence-corrected chi connectivity index (χ1v) is 13.7. The average Bonchev–Trinajstić information content (AvgIpc) is 2.58. The van der Waals surface area contributed by atoms with Crippen LogP contribution in [0.25, 0.3) is 0 Å². The van der Waals surface area contributed by atoms with Crippen LogP contribution in [-0.2, 0) is 16.5 Å². The quantitative estimate of drug-likeness (QED) is 0.201. The van der Waals surface area contributed by atoms with Crippen LogP contribution in [0.15, 0.2) is 24.3 Å². The molecule has 0 aliphatic heterocycles. The standard InChI is InChI=1S/C14H32P2.C7H7O.CF3.Ni/c1-11(2)15(12(3)4)9-10-16(13(5)6)14(7)8;1-8-7-5-3-2-4-6-7;2-1(3)4;/h11-14H,9-10H2,1-8H3;3-6H,1H3;;/q;2*-1;+2/p+2. The molecule has 0 amide bonds. The Bertz CT molecular complexity index is 422. The Labute approximate surface area is 190 Å². The number of halogens is 3. The average molecular weight is 499 g/mol. The van der Waals surface area contributed by atoms with E-state index >= 15 is 0 Å². The Morgan fingerprint density at radius 3 is 1.24 bits per heavy atom. The molecule has 1 rings (SSSR count). The molecule has 0 saturated carbocycles. The molecule has 0 saturated heterocycles. The summed E-state index contributed by atoms with van der Waals surface area (Å²) in [5.74, 6) is 0.878. The fourth-order valence-corrected chi connectivity index (χ4v) is 10.6. The van der Waals surface area contributed by atoms with E-state index in [1.165, 1.54) is 0 Å². The van der Waals surface area contributed by atoms with Crippen molar-refractivity contribution in [3.8, 4) is 5.75 Å². The van der Waals surface area contributed by atoms with E-state index in [1.54, 1.807) is 19.4 Å². The minimum absolute atomic E-state index is 0. The van der Waals surface area contributed by atoms with Crippen molar-refractivity contribution in [2.45, 2.75) is 78.0 Å². The molecule has 0 radical (unpaired) electrons. The predicted octanol–water partition coefficient (Wildman–Crippen LogP) is 7.88. The Morgan fingerprint density at radius 1 is 0.793 bits per heavy atom. The third-order valence-corrected chi connectivity index (χ3v) is 12.7. The van der Waals surface area contributed by atoms with E-state index in [2.05, 4.69) is 61.5 Å². The molecule has 0 aliphatic carbocycles. The van der Waals surface area contributed by atoms with Gasteiger partial charge in [0.2, 0.25) is 0 Å². The van der Waals surface area contributed by atoms with Crippen LogP contribution in [0.5, 0.6) is 5.75 Å². The van der Waals surface area contributed by atoms with Crippen molar-refractivity contribution in [3.05, 3.63) is 37.0 Å². The number of hydrogen-bond donors (Lipinski definition) is 0. The minimum atomic E-state index is -3.08. The van der Waals surface area contributed by atoms with Crippen molar-refractivity contribution in [2.75, 3.05) is 19.4 Å². The summed E-state index contributed by atoms with van der Waals surface area (Å²) in [6, 6.07) is 10.2. The molecule has 0 aromatic heterocycles. The molecule has 0 atom stereocenters. The van der Waals surface area contributed by atoms with E-state index in [9.17, 15) is 13.2 Å². The molecule has 0 heterocycles. The van der Waals surface area contributed by atoms with Crippen molar-refractivity contribution >= 4 is 15.8 Å². The van der Waals surface area contributed by atoms with Gasteiger partial charge in [0, 0.05) is 21.6 Å². The van der Waals surface area contributed by atoms with Crippen LogP contribution < -0.4 is 4.74 Å². The second-order valence-corrected chi connectivity index (χ2v) is 15.8. The fourth-order valence-electron chi connectivity index (χ4n) is 3.28. The maximum Gasteiger partial charge on any atom is 2.00 e. The zero-order valence-corrected chi connectivity index (χ0v) is 22.4. The Balaban J connectivity index is -0.000000430.